The Morgan fingerprint density at radius 3 is 1.60 bits per heavy atom. The topological polar surface area (TPSA) is 54.2 Å². The summed E-state index contributed by atoms with van der Waals surface area (Å²) in [4.78, 5) is 13.0. The van der Waals surface area contributed by atoms with Crippen LogP contribution < -0.4 is 4.90 Å². The number of hydrogen-bond donors (Lipinski definition) is 1. The van der Waals surface area contributed by atoms with Crippen molar-refractivity contribution in [2.24, 2.45) is 0 Å². The molecule has 70 heavy (non-hydrogen) atoms. The van der Waals surface area contributed by atoms with Crippen molar-refractivity contribution in [1.29, 1.82) is 0 Å². The number of para-hydroxylation sites is 2. The van der Waals surface area contributed by atoms with Gasteiger partial charge in [0, 0.05) is 60.9 Å². The number of aromatic hydroxyl groups is 1. The normalized spacial score (nSPS) is 12.0. The Bertz CT molecular complexity index is 3450. The largest absolute Gasteiger partial charge is 0.507 e. The minimum atomic E-state index is -0.168. The first-order chi connectivity index (χ1) is 33.0. The predicted octanol–water partition coefficient (Wildman–Crippen LogP) is 17.1. The van der Waals surface area contributed by atoms with Gasteiger partial charge in [0.05, 0.1) is 16.6 Å². The Hall–Kier alpha value is -7.07. The molecule has 8 aromatic carbocycles. The third kappa shape index (κ3) is 9.24. The Morgan fingerprint density at radius 2 is 1.01 bits per heavy atom. The number of fused-ring (bicyclic) bond motifs is 2. The SMILES string of the molecule is CC(C)(C)c1ccc(-n2c(-c3cc(C(C)(C)C)ccc3O)nc3c(-c4[c-]c(-c5cc(C(C)(C)C)cc6c(-c7ccccc7)ccnc56)ccc4)cc(N(c4ccccc4)c4ccccc4)cc32)cc1.[Pt]. The van der Waals surface area contributed by atoms with Crippen LogP contribution >= 0.6 is 0 Å². The number of nitrogens with zero attached hydrogens (tertiary/aromatic N) is 4. The molecule has 0 amide bonds. The number of benzene rings is 8. The summed E-state index contributed by atoms with van der Waals surface area (Å²) in [7, 11) is 0. The van der Waals surface area contributed by atoms with Crippen LogP contribution in [0.1, 0.15) is 79.0 Å². The molecule has 0 saturated carbocycles. The number of phenolic OH excluding ortho intramolecular Hbond substituents is 1. The predicted molar refractivity (Wildman–Crippen MR) is 289 cm³/mol. The van der Waals surface area contributed by atoms with Crippen LogP contribution in [0.25, 0.3) is 72.4 Å². The number of rotatable bonds is 8. The Labute approximate surface area is 427 Å². The van der Waals surface area contributed by atoms with Crippen LogP contribution in [0.3, 0.4) is 0 Å². The summed E-state index contributed by atoms with van der Waals surface area (Å²) in [5.74, 6) is 0.823. The number of anilines is 3. The minimum Gasteiger partial charge on any atom is -0.507 e. The number of pyridine rings is 1. The molecule has 10 aromatic rings. The number of hydrogen-bond acceptors (Lipinski definition) is 4. The van der Waals surface area contributed by atoms with E-state index >= 15 is 0 Å². The van der Waals surface area contributed by atoms with Gasteiger partial charge in [-0.15, -0.1) is 35.4 Å². The van der Waals surface area contributed by atoms with Gasteiger partial charge < -0.3 is 10.0 Å². The van der Waals surface area contributed by atoms with Gasteiger partial charge in [0.25, 0.3) is 0 Å². The third-order valence-corrected chi connectivity index (χ3v) is 13.3. The summed E-state index contributed by atoms with van der Waals surface area (Å²) in [6.45, 7) is 20.1. The first-order valence-electron chi connectivity index (χ1n) is 24.0. The molecule has 0 unspecified atom stereocenters. The van der Waals surface area contributed by atoms with Gasteiger partial charge in [-0.1, -0.05) is 171 Å². The molecule has 2 aromatic heterocycles. The summed E-state index contributed by atoms with van der Waals surface area (Å²) in [5, 5.41) is 13.0. The van der Waals surface area contributed by atoms with E-state index in [9.17, 15) is 5.11 Å². The molecule has 0 bridgehead atoms. The monoisotopic (exact) mass is 1090 g/mol. The molecule has 1 N–H and O–H groups in total. The van der Waals surface area contributed by atoms with Crippen molar-refractivity contribution in [3.8, 4) is 56.2 Å². The van der Waals surface area contributed by atoms with E-state index in [1.54, 1.807) is 0 Å². The molecular weight excluding hydrogens is 1040 g/mol. The van der Waals surface area contributed by atoms with Gasteiger partial charge in [-0.2, -0.15) is 0 Å². The van der Waals surface area contributed by atoms with Gasteiger partial charge >= 0.3 is 0 Å². The van der Waals surface area contributed by atoms with Gasteiger partial charge in [-0.05, 0) is 111 Å². The van der Waals surface area contributed by atoms with Crippen LogP contribution in [0.2, 0.25) is 0 Å². The van der Waals surface area contributed by atoms with Crippen molar-refractivity contribution < 1.29 is 26.2 Å². The second-order valence-electron chi connectivity index (χ2n) is 21.3. The van der Waals surface area contributed by atoms with Crippen LogP contribution in [0.5, 0.6) is 5.75 Å². The molecule has 0 aliphatic rings. The summed E-state index contributed by atoms with van der Waals surface area (Å²) in [6, 6.07) is 68.0. The summed E-state index contributed by atoms with van der Waals surface area (Å²) in [6.07, 6.45) is 1.93. The molecule has 5 nitrogen and oxygen atoms in total. The Balaban J connectivity index is 0.00000608. The maximum Gasteiger partial charge on any atom is 0.148 e. The summed E-state index contributed by atoms with van der Waals surface area (Å²) in [5.41, 5.74) is 16.5. The van der Waals surface area contributed by atoms with Gasteiger partial charge in [0.15, 0.2) is 0 Å². The van der Waals surface area contributed by atoms with E-state index in [-0.39, 0.29) is 43.1 Å². The molecule has 0 aliphatic heterocycles. The molecule has 6 heteroatoms. The van der Waals surface area contributed by atoms with E-state index in [1.807, 2.05) is 18.3 Å². The van der Waals surface area contributed by atoms with Crippen LogP contribution in [-0.2, 0) is 37.3 Å². The van der Waals surface area contributed by atoms with E-state index in [0.717, 1.165) is 83.6 Å². The van der Waals surface area contributed by atoms with E-state index in [2.05, 4.69) is 248 Å². The molecule has 10 rings (SSSR count). The van der Waals surface area contributed by atoms with Crippen molar-refractivity contribution in [2.75, 3.05) is 4.90 Å². The molecule has 352 valence electrons. The fourth-order valence-corrected chi connectivity index (χ4v) is 9.38. The molecule has 0 fully saturated rings. The molecule has 0 spiro atoms. The molecular formula is C64H59N4OPt-. The van der Waals surface area contributed by atoms with E-state index < -0.39 is 0 Å². The van der Waals surface area contributed by atoms with Crippen LogP contribution in [0, 0.1) is 6.07 Å². The fourth-order valence-electron chi connectivity index (χ4n) is 9.38. The quantitative estimate of drug-likeness (QED) is 0.154. The molecule has 0 aliphatic carbocycles. The van der Waals surface area contributed by atoms with Crippen molar-refractivity contribution in [1.82, 2.24) is 14.5 Å². The van der Waals surface area contributed by atoms with Gasteiger partial charge in [-0.25, -0.2) is 4.98 Å². The summed E-state index contributed by atoms with van der Waals surface area (Å²) < 4.78 is 2.23. The van der Waals surface area contributed by atoms with Gasteiger partial charge in [0.1, 0.15) is 11.6 Å². The van der Waals surface area contributed by atoms with E-state index in [4.69, 9.17) is 9.97 Å². The number of phenols is 1. The van der Waals surface area contributed by atoms with Crippen molar-refractivity contribution >= 4 is 39.0 Å². The van der Waals surface area contributed by atoms with Crippen molar-refractivity contribution in [3.63, 3.8) is 0 Å². The second kappa shape index (κ2) is 18.7. The van der Waals surface area contributed by atoms with Crippen molar-refractivity contribution in [3.05, 3.63) is 211 Å². The number of aromatic nitrogens is 3. The maximum absolute atomic E-state index is 11.9. The molecule has 0 saturated heterocycles. The van der Waals surface area contributed by atoms with Crippen LogP contribution in [0.15, 0.2) is 188 Å². The Kier molecular flexibility index (Phi) is 12.8. The molecule has 2 heterocycles. The first kappa shape index (κ1) is 48.0. The second-order valence-corrected chi connectivity index (χ2v) is 21.3. The number of imidazole rings is 1. The zero-order valence-electron chi connectivity index (χ0n) is 41.5. The summed E-state index contributed by atoms with van der Waals surface area (Å²) >= 11 is 0. The zero-order chi connectivity index (χ0) is 48.2. The van der Waals surface area contributed by atoms with Gasteiger partial charge in [0.2, 0.25) is 0 Å². The van der Waals surface area contributed by atoms with Crippen LogP contribution in [-0.4, -0.2) is 19.6 Å². The smallest absolute Gasteiger partial charge is 0.148 e. The Morgan fingerprint density at radius 1 is 0.471 bits per heavy atom. The average molecular weight is 1100 g/mol. The third-order valence-electron chi connectivity index (χ3n) is 13.3. The first-order valence-corrected chi connectivity index (χ1v) is 24.0. The van der Waals surface area contributed by atoms with Crippen LogP contribution in [0.4, 0.5) is 17.1 Å². The molecule has 0 atom stereocenters. The van der Waals surface area contributed by atoms with Gasteiger partial charge in [-0.3, -0.25) is 9.55 Å². The van der Waals surface area contributed by atoms with Crippen molar-refractivity contribution in [2.45, 2.75) is 78.6 Å². The van der Waals surface area contributed by atoms with E-state index in [0.29, 0.717) is 11.4 Å². The minimum absolute atomic E-state index is 0. The maximum atomic E-state index is 11.9. The standard InChI is InChI=1S/C64H59N4O.Pt/c1-62(2,3)45-28-31-50(32-29-45)68-57-41-51(67(48-24-15-11-16-25-48)49-26-17-12-18-27-49)40-54(60(57)66-61(68)56-37-46(63(4,5)6)30-33-58(56)69)44-23-19-22-43(36-44)53-38-47(64(7,8)9)39-55-52(34-35-65-59(53)55)42-20-13-10-14-21-42;/h10-35,37-41,69H,1-9H3;/q-1;. The zero-order valence-corrected chi connectivity index (χ0v) is 43.7. The molecule has 0 radical (unpaired) electrons. The average Bonchev–Trinajstić information content (AvgIpc) is 3.73. The fraction of sp³-hybridized carbons (Fsp3) is 0.188. The van der Waals surface area contributed by atoms with E-state index in [1.165, 1.54) is 11.1 Å².